The fraction of sp³-hybridized carbons (Fsp3) is 0.462. The fourth-order valence-electron chi connectivity index (χ4n) is 1.65. The second-order valence-corrected chi connectivity index (χ2v) is 5.02. The van der Waals surface area contributed by atoms with Crippen molar-refractivity contribution in [1.82, 2.24) is 0 Å². The van der Waals surface area contributed by atoms with Gasteiger partial charge in [0.1, 0.15) is 5.75 Å². The highest BCUT2D eigenvalue weighted by Gasteiger charge is 2.18. The highest BCUT2D eigenvalue weighted by Crippen LogP contribution is 2.29. The first kappa shape index (κ1) is 13.0. The molecule has 0 radical (unpaired) electrons. The number of phenols is 1. The first-order chi connectivity index (χ1) is 7.34. The van der Waals surface area contributed by atoms with E-state index in [1.54, 1.807) is 26.0 Å². The molecule has 0 fully saturated rings. The minimum absolute atomic E-state index is 0.0962. The summed E-state index contributed by atoms with van der Waals surface area (Å²) in [5, 5.41) is 9.22. The molecule has 1 unspecified atom stereocenters. The van der Waals surface area contributed by atoms with Crippen molar-refractivity contribution in [3.63, 3.8) is 0 Å². The molecule has 0 aliphatic heterocycles. The summed E-state index contributed by atoms with van der Waals surface area (Å²) >= 11 is 5.79. The lowest BCUT2D eigenvalue weighted by atomic mass is 9.94. The Hall–Kier alpha value is -1.02. The number of hydrogen-bond acceptors (Lipinski definition) is 2. The van der Waals surface area contributed by atoms with E-state index in [0.29, 0.717) is 5.56 Å². The number of aryl methyl sites for hydroxylation is 1. The van der Waals surface area contributed by atoms with Gasteiger partial charge in [0.25, 0.3) is 0 Å². The van der Waals surface area contributed by atoms with Crippen LogP contribution in [-0.2, 0) is 0 Å². The Morgan fingerprint density at radius 3 is 2.31 bits per heavy atom. The Balaban J connectivity index is 3.30. The number of alkyl halides is 1. The molecule has 0 aliphatic carbocycles. The number of halogens is 1. The van der Waals surface area contributed by atoms with Crippen LogP contribution < -0.4 is 0 Å². The maximum Gasteiger partial charge on any atom is 0.180 e. The van der Waals surface area contributed by atoms with Gasteiger partial charge in [-0.2, -0.15) is 0 Å². The molecule has 0 heterocycles. The minimum atomic E-state index is -0.539. The first-order valence-corrected chi connectivity index (χ1v) is 5.80. The molecule has 1 atom stereocenters. The third-order valence-corrected chi connectivity index (χ3v) is 2.82. The van der Waals surface area contributed by atoms with Crippen molar-refractivity contribution in [3.8, 4) is 5.75 Å². The van der Waals surface area contributed by atoms with Gasteiger partial charge in [0.05, 0.1) is 5.38 Å². The molecule has 3 heteroatoms. The van der Waals surface area contributed by atoms with E-state index in [1.807, 2.05) is 13.8 Å². The lowest BCUT2D eigenvalue weighted by molar-refractivity contribution is 0.0991. The number of phenolic OH excluding ortho intramolecular Hbond substituents is 1. The monoisotopic (exact) mass is 240 g/mol. The highest BCUT2D eigenvalue weighted by atomic mass is 35.5. The van der Waals surface area contributed by atoms with Gasteiger partial charge in [-0.05, 0) is 43.0 Å². The summed E-state index contributed by atoms with van der Waals surface area (Å²) in [6.07, 6.45) is 0. The molecular weight excluding hydrogens is 224 g/mol. The third kappa shape index (κ3) is 2.56. The zero-order chi connectivity index (χ0) is 12.5. The summed E-state index contributed by atoms with van der Waals surface area (Å²) < 4.78 is 0. The van der Waals surface area contributed by atoms with E-state index in [1.165, 1.54) is 0 Å². The molecule has 0 amide bonds. The van der Waals surface area contributed by atoms with Crippen LogP contribution in [0.1, 0.15) is 48.2 Å². The molecule has 1 aromatic carbocycles. The van der Waals surface area contributed by atoms with Gasteiger partial charge in [0.2, 0.25) is 0 Å². The summed E-state index contributed by atoms with van der Waals surface area (Å²) in [7, 11) is 0. The average molecular weight is 241 g/mol. The van der Waals surface area contributed by atoms with Crippen LogP contribution in [0, 0.1) is 6.92 Å². The number of aromatic hydroxyl groups is 1. The maximum atomic E-state index is 11.8. The van der Waals surface area contributed by atoms with Crippen LogP contribution in [0.15, 0.2) is 12.1 Å². The molecule has 0 saturated carbocycles. The van der Waals surface area contributed by atoms with Crippen LogP contribution >= 0.6 is 11.6 Å². The largest absolute Gasteiger partial charge is 0.508 e. The van der Waals surface area contributed by atoms with Crippen LogP contribution in [0.2, 0.25) is 0 Å². The van der Waals surface area contributed by atoms with Gasteiger partial charge >= 0.3 is 0 Å². The highest BCUT2D eigenvalue weighted by molar-refractivity contribution is 6.33. The number of carbonyl (C=O) groups is 1. The summed E-state index contributed by atoms with van der Waals surface area (Å²) in [6, 6.07) is 3.37. The van der Waals surface area contributed by atoms with E-state index >= 15 is 0 Å². The number of carbonyl (C=O) groups excluding carboxylic acids is 1. The second kappa shape index (κ2) is 4.88. The van der Waals surface area contributed by atoms with Crippen LogP contribution in [0.25, 0.3) is 0 Å². The quantitative estimate of drug-likeness (QED) is 0.647. The SMILES string of the molecule is Cc1cc(O)c(C(C)C)cc1C(=O)C(C)Cl. The summed E-state index contributed by atoms with van der Waals surface area (Å²) in [6.45, 7) is 7.41. The zero-order valence-corrected chi connectivity index (χ0v) is 10.8. The number of Topliss-reactive ketones (excluding diaryl/α,β-unsaturated/α-hetero) is 1. The van der Waals surface area contributed by atoms with Crippen molar-refractivity contribution in [3.05, 3.63) is 28.8 Å². The van der Waals surface area contributed by atoms with Gasteiger partial charge in [-0.15, -0.1) is 11.6 Å². The molecule has 1 rings (SSSR count). The number of rotatable bonds is 3. The van der Waals surface area contributed by atoms with Crippen molar-refractivity contribution < 1.29 is 9.90 Å². The topological polar surface area (TPSA) is 37.3 Å². The Morgan fingerprint density at radius 2 is 1.88 bits per heavy atom. The summed E-state index contributed by atoms with van der Waals surface area (Å²) in [4.78, 5) is 11.8. The lowest BCUT2D eigenvalue weighted by Crippen LogP contribution is -2.12. The van der Waals surface area contributed by atoms with Gasteiger partial charge < -0.3 is 5.11 Å². The molecular formula is C13H17ClO2. The predicted octanol–water partition coefficient (Wildman–Crippen LogP) is 3.63. The van der Waals surface area contributed by atoms with Crippen molar-refractivity contribution in [1.29, 1.82) is 0 Å². The normalized spacial score (nSPS) is 12.9. The second-order valence-electron chi connectivity index (χ2n) is 4.36. The van der Waals surface area contributed by atoms with Gasteiger partial charge in [-0.25, -0.2) is 0 Å². The average Bonchev–Trinajstić information content (AvgIpc) is 2.16. The van der Waals surface area contributed by atoms with E-state index in [2.05, 4.69) is 0 Å². The molecule has 88 valence electrons. The maximum absolute atomic E-state index is 11.8. The van der Waals surface area contributed by atoms with Gasteiger partial charge in [0, 0.05) is 5.56 Å². The summed E-state index contributed by atoms with van der Waals surface area (Å²) in [5.41, 5.74) is 2.15. The Bertz CT molecular complexity index is 409. The van der Waals surface area contributed by atoms with Crippen molar-refractivity contribution in [2.45, 2.75) is 39.0 Å². The fourth-order valence-corrected chi connectivity index (χ4v) is 1.77. The molecule has 1 N–H and O–H groups in total. The molecule has 0 spiro atoms. The van der Waals surface area contributed by atoms with Crippen LogP contribution in [0.3, 0.4) is 0 Å². The minimum Gasteiger partial charge on any atom is -0.508 e. The number of benzene rings is 1. The van der Waals surface area contributed by atoms with E-state index in [-0.39, 0.29) is 17.5 Å². The van der Waals surface area contributed by atoms with Crippen LogP contribution in [0.5, 0.6) is 5.75 Å². The Labute approximate surface area is 101 Å². The van der Waals surface area contributed by atoms with E-state index in [9.17, 15) is 9.90 Å². The standard InChI is InChI=1S/C13H17ClO2/c1-7(2)10-6-11(13(16)9(4)14)8(3)5-12(10)15/h5-7,9,15H,1-4H3. The number of hydrogen-bond donors (Lipinski definition) is 1. The van der Waals surface area contributed by atoms with Crippen LogP contribution in [-0.4, -0.2) is 16.3 Å². The van der Waals surface area contributed by atoms with Gasteiger partial charge in [-0.3, -0.25) is 4.79 Å². The van der Waals surface area contributed by atoms with Crippen molar-refractivity contribution >= 4 is 17.4 Å². The third-order valence-electron chi connectivity index (χ3n) is 2.62. The molecule has 0 aliphatic rings. The molecule has 2 nitrogen and oxygen atoms in total. The lowest BCUT2D eigenvalue weighted by Gasteiger charge is -2.13. The predicted molar refractivity (Wildman–Crippen MR) is 66.6 cm³/mol. The van der Waals surface area contributed by atoms with Crippen LogP contribution in [0.4, 0.5) is 0 Å². The Kier molecular flexibility index (Phi) is 3.98. The Morgan fingerprint density at radius 1 is 1.31 bits per heavy atom. The number of ketones is 1. The van der Waals surface area contributed by atoms with Crippen molar-refractivity contribution in [2.75, 3.05) is 0 Å². The van der Waals surface area contributed by atoms with E-state index < -0.39 is 5.38 Å². The first-order valence-electron chi connectivity index (χ1n) is 5.36. The zero-order valence-electron chi connectivity index (χ0n) is 10.0. The molecule has 16 heavy (non-hydrogen) atoms. The van der Waals surface area contributed by atoms with Crippen molar-refractivity contribution in [2.24, 2.45) is 0 Å². The van der Waals surface area contributed by atoms with E-state index in [0.717, 1.165) is 11.1 Å². The van der Waals surface area contributed by atoms with E-state index in [4.69, 9.17) is 11.6 Å². The molecule has 0 aromatic heterocycles. The summed E-state index contributed by atoms with van der Waals surface area (Å²) in [5.74, 6) is 0.324. The molecule has 1 aromatic rings. The molecule has 0 bridgehead atoms. The van der Waals surface area contributed by atoms with Gasteiger partial charge in [-0.1, -0.05) is 13.8 Å². The molecule has 0 saturated heterocycles. The smallest absolute Gasteiger partial charge is 0.180 e. The van der Waals surface area contributed by atoms with Gasteiger partial charge in [0.15, 0.2) is 5.78 Å².